The Morgan fingerprint density at radius 1 is 1.08 bits per heavy atom. The topological polar surface area (TPSA) is 52.6 Å². The minimum atomic E-state index is -1.24. The number of carbonyl (C=O) groups is 2. The highest BCUT2D eigenvalue weighted by Gasteiger charge is 2.17. The molecule has 1 rings (SSSR count). The monoisotopic (exact) mass is 200 g/mol. The highest BCUT2D eigenvalue weighted by Crippen LogP contribution is 2.08. The third-order valence-electron chi connectivity index (χ3n) is 1.19. The van der Waals surface area contributed by atoms with E-state index in [1.54, 1.807) is 18.2 Å². The lowest BCUT2D eigenvalue weighted by atomic mass is 10.3. The van der Waals surface area contributed by atoms with Gasteiger partial charge in [-0.15, -0.1) is 0 Å². The molecule has 0 amide bonds. The largest absolute Gasteiger partial charge is 0.435 e. The van der Waals surface area contributed by atoms with Crippen LogP contribution in [0, 0.1) is 0 Å². The Hall–Kier alpha value is -1.55. The molecule has 0 N–H and O–H groups in total. The van der Waals surface area contributed by atoms with Crippen molar-refractivity contribution in [3.8, 4) is 5.75 Å². The van der Waals surface area contributed by atoms with Gasteiger partial charge in [0.05, 0.1) is 0 Å². The molecule has 0 heterocycles. The molecule has 68 valence electrons. The van der Waals surface area contributed by atoms with Crippen molar-refractivity contribution in [3.05, 3.63) is 30.3 Å². The van der Waals surface area contributed by atoms with Crippen LogP contribution in [-0.4, -0.2) is 11.9 Å². The molecule has 4 nitrogen and oxygen atoms in total. The van der Waals surface area contributed by atoms with Crippen LogP contribution in [-0.2, 0) is 13.9 Å². The van der Waals surface area contributed by atoms with Crippen LogP contribution in [0.1, 0.15) is 0 Å². The molecule has 0 aromatic heterocycles. The van der Waals surface area contributed by atoms with Crippen LogP contribution in [0.3, 0.4) is 0 Å². The number of ether oxygens (including phenoxy) is 1. The highest BCUT2D eigenvalue weighted by molar-refractivity contribution is 6.35. The van der Waals surface area contributed by atoms with Crippen molar-refractivity contribution in [3.63, 3.8) is 0 Å². The van der Waals surface area contributed by atoms with Crippen LogP contribution in [0.25, 0.3) is 0 Å². The summed E-state index contributed by atoms with van der Waals surface area (Å²) in [5.74, 6) is -2.14. The van der Waals surface area contributed by atoms with Crippen LogP contribution >= 0.6 is 11.9 Å². The molecule has 5 heteroatoms. The molecule has 0 bridgehead atoms. The van der Waals surface area contributed by atoms with Crippen molar-refractivity contribution >= 4 is 23.8 Å². The van der Waals surface area contributed by atoms with Gasteiger partial charge in [0.15, 0.2) is 0 Å². The molecule has 1 aromatic carbocycles. The maximum absolute atomic E-state index is 10.8. The van der Waals surface area contributed by atoms with E-state index in [4.69, 9.17) is 0 Å². The minimum Gasteiger partial charge on any atom is -0.418 e. The molecular weight excluding hydrogens is 196 g/mol. The average molecular weight is 201 g/mol. The Morgan fingerprint density at radius 3 is 2.23 bits per heavy atom. The first-order chi connectivity index (χ1) is 6.24. The van der Waals surface area contributed by atoms with E-state index in [1.807, 2.05) is 0 Å². The van der Waals surface area contributed by atoms with Crippen molar-refractivity contribution in [1.29, 1.82) is 0 Å². The molecule has 0 aliphatic heterocycles. The molecular formula is C8H5ClO4. The second-order valence-electron chi connectivity index (χ2n) is 2.07. The molecule has 0 spiro atoms. The molecule has 1 aromatic rings. The van der Waals surface area contributed by atoms with Crippen molar-refractivity contribution in [2.24, 2.45) is 0 Å². The van der Waals surface area contributed by atoms with Crippen LogP contribution in [0.5, 0.6) is 5.75 Å². The molecule has 0 fully saturated rings. The smallest absolute Gasteiger partial charge is 0.418 e. The second-order valence-corrected chi connectivity index (χ2v) is 2.22. The van der Waals surface area contributed by atoms with E-state index in [1.165, 1.54) is 12.1 Å². The van der Waals surface area contributed by atoms with Gasteiger partial charge in [0.25, 0.3) is 0 Å². The zero-order chi connectivity index (χ0) is 9.68. The van der Waals surface area contributed by atoms with E-state index in [-0.39, 0.29) is 5.75 Å². The van der Waals surface area contributed by atoms with Crippen molar-refractivity contribution in [2.75, 3.05) is 0 Å². The van der Waals surface area contributed by atoms with Gasteiger partial charge >= 0.3 is 11.9 Å². The van der Waals surface area contributed by atoms with E-state index in [2.05, 4.69) is 20.9 Å². The van der Waals surface area contributed by atoms with Crippen LogP contribution in [0.4, 0.5) is 0 Å². The first kappa shape index (κ1) is 9.54. The molecule has 0 radical (unpaired) electrons. The summed E-state index contributed by atoms with van der Waals surface area (Å²) in [6.45, 7) is 0. The number of para-hydroxylation sites is 1. The van der Waals surface area contributed by atoms with Crippen LogP contribution in [0.2, 0.25) is 0 Å². The summed E-state index contributed by atoms with van der Waals surface area (Å²) in [7, 11) is 0. The van der Waals surface area contributed by atoms with E-state index >= 15 is 0 Å². The number of benzene rings is 1. The van der Waals surface area contributed by atoms with E-state index < -0.39 is 11.9 Å². The Bertz CT molecular complexity index is 309. The zero-order valence-electron chi connectivity index (χ0n) is 6.40. The predicted molar refractivity (Wildman–Crippen MR) is 44.0 cm³/mol. The summed E-state index contributed by atoms with van der Waals surface area (Å²) in [5, 5.41) is 0. The molecule has 0 unspecified atom stereocenters. The third-order valence-corrected chi connectivity index (χ3v) is 1.33. The maximum atomic E-state index is 10.8. The van der Waals surface area contributed by atoms with Gasteiger partial charge in [-0.25, -0.2) is 9.59 Å². The van der Waals surface area contributed by atoms with Gasteiger partial charge in [0, 0.05) is 0 Å². The number of halogens is 1. The summed E-state index contributed by atoms with van der Waals surface area (Å²) in [6.07, 6.45) is 0. The minimum absolute atomic E-state index is 0.259. The van der Waals surface area contributed by atoms with Gasteiger partial charge in [0.2, 0.25) is 0 Å². The Balaban J connectivity index is 2.60. The SMILES string of the molecule is O=C(OCl)C(=O)Oc1ccccc1. The molecule has 13 heavy (non-hydrogen) atoms. The Kier molecular flexibility index (Phi) is 3.28. The lowest BCUT2D eigenvalue weighted by Gasteiger charge is -1.99. The Labute approximate surface area is 79.2 Å². The fourth-order valence-electron chi connectivity index (χ4n) is 0.669. The van der Waals surface area contributed by atoms with Crippen molar-refractivity contribution in [2.45, 2.75) is 0 Å². The summed E-state index contributed by atoms with van der Waals surface area (Å²) < 4.78 is 8.21. The first-order valence-corrected chi connectivity index (χ1v) is 3.64. The van der Waals surface area contributed by atoms with Gasteiger partial charge in [0.1, 0.15) is 17.6 Å². The van der Waals surface area contributed by atoms with E-state index in [9.17, 15) is 9.59 Å². The number of esters is 1. The standard InChI is InChI=1S/C8H5ClO4/c9-13-8(11)7(10)12-6-4-2-1-3-5-6/h1-5H. The lowest BCUT2D eigenvalue weighted by Crippen LogP contribution is -2.19. The highest BCUT2D eigenvalue weighted by atomic mass is 35.5. The predicted octanol–water partition coefficient (Wildman–Crippen LogP) is 1.29. The fourth-order valence-corrected chi connectivity index (χ4v) is 0.732. The number of rotatable bonds is 1. The molecule has 0 aliphatic carbocycles. The number of hydrogen-bond donors (Lipinski definition) is 0. The molecule has 0 saturated heterocycles. The first-order valence-electron chi connectivity index (χ1n) is 3.34. The van der Waals surface area contributed by atoms with Crippen LogP contribution < -0.4 is 4.74 Å². The van der Waals surface area contributed by atoms with Gasteiger partial charge in [-0.05, 0) is 12.1 Å². The van der Waals surface area contributed by atoms with E-state index in [0.717, 1.165) is 0 Å². The second kappa shape index (κ2) is 4.47. The molecule has 0 aliphatic rings. The van der Waals surface area contributed by atoms with Crippen LogP contribution in [0.15, 0.2) is 30.3 Å². The van der Waals surface area contributed by atoms with Gasteiger partial charge < -0.3 is 9.03 Å². The number of carbonyl (C=O) groups excluding carboxylic acids is 2. The lowest BCUT2D eigenvalue weighted by molar-refractivity contribution is -0.156. The summed E-state index contributed by atoms with van der Waals surface area (Å²) in [4.78, 5) is 21.2. The number of hydrogen-bond acceptors (Lipinski definition) is 4. The molecule has 0 saturated carbocycles. The van der Waals surface area contributed by atoms with Crippen molar-refractivity contribution < 1.29 is 18.6 Å². The van der Waals surface area contributed by atoms with Gasteiger partial charge in [-0.1, -0.05) is 18.2 Å². The average Bonchev–Trinajstić information content (AvgIpc) is 2.18. The summed E-state index contributed by atoms with van der Waals surface area (Å²) in [5.41, 5.74) is 0. The summed E-state index contributed by atoms with van der Waals surface area (Å²) in [6, 6.07) is 8.12. The third kappa shape index (κ3) is 2.76. The quantitative estimate of drug-likeness (QED) is 0.389. The maximum Gasteiger partial charge on any atom is 0.435 e. The van der Waals surface area contributed by atoms with Crippen molar-refractivity contribution in [1.82, 2.24) is 0 Å². The van der Waals surface area contributed by atoms with E-state index in [0.29, 0.717) is 0 Å². The normalized spacial score (nSPS) is 9.00. The Morgan fingerprint density at radius 2 is 1.69 bits per heavy atom. The zero-order valence-corrected chi connectivity index (χ0v) is 7.15. The molecule has 0 atom stereocenters. The van der Waals surface area contributed by atoms with Gasteiger partial charge in [-0.2, -0.15) is 0 Å². The van der Waals surface area contributed by atoms with Gasteiger partial charge in [-0.3, -0.25) is 0 Å². The summed E-state index contributed by atoms with van der Waals surface area (Å²) >= 11 is 4.66. The fraction of sp³-hybridized carbons (Fsp3) is 0.